The second-order valence-electron chi connectivity index (χ2n) is 11.7. The Morgan fingerprint density at radius 2 is 1.69 bits per heavy atom. The van der Waals surface area contributed by atoms with Gasteiger partial charge in [0, 0.05) is 25.6 Å². The summed E-state index contributed by atoms with van der Waals surface area (Å²) in [6.07, 6.45) is 6.39. The van der Waals surface area contributed by atoms with Gasteiger partial charge in [-0.2, -0.15) is 15.0 Å². The number of imidazole rings is 1. The molecule has 0 unspecified atom stereocenters. The minimum Gasteiger partial charge on any atom is -0.378 e. The Morgan fingerprint density at radius 1 is 0.952 bits per heavy atom. The standard InChI is InChI=1S/C30H40F2N8O2/c31-27(32)28-34-23-7-1-2-8-24(23)40(28)30-36-25(35-29(37-30)39-16-18-42-19-17-39)9-5-6-21-10-12-22(13-11-21)33-26(41)20-38-14-3-4-15-38/h1-2,7-8,21-22,27H,3-6,9-20H2,(H,33,41). The zero-order valence-electron chi connectivity index (χ0n) is 24.1. The predicted octanol–water partition coefficient (Wildman–Crippen LogP) is 4.08. The summed E-state index contributed by atoms with van der Waals surface area (Å²) in [5, 5.41) is 3.25. The van der Waals surface area contributed by atoms with E-state index < -0.39 is 6.43 Å². The van der Waals surface area contributed by atoms with E-state index in [-0.39, 0.29) is 23.7 Å². The lowest BCUT2D eigenvalue weighted by molar-refractivity contribution is -0.123. The summed E-state index contributed by atoms with van der Waals surface area (Å²) in [5.74, 6) is 1.65. The molecule has 1 N–H and O–H groups in total. The largest absolute Gasteiger partial charge is 0.378 e. The summed E-state index contributed by atoms with van der Waals surface area (Å²) < 4.78 is 35.1. The number of hydrogen-bond acceptors (Lipinski definition) is 8. The van der Waals surface area contributed by atoms with Crippen LogP contribution in [0.25, 0.3) is 17.0 Å². The number of anilines is 1. The lowest BCUT2D eigenvalue weighted by Crippen LogP contribution is -2.42. The molecule has 3 fully saturated rings. The number of morpholine rings is 1. The summed E-state index contributed by atoms with van der Waals surface area (Å²) in [7, 11) is 0. The first-order valence-corrected chi connectivity index (χ1v) is 15.4. The van der Waals surface area contributed by atoms with Crippen LogP contribution in [0.1, 0.15) is 69.4 Å². The van der Waals surface area contributed by atoms with Gasteiger partial charge in [0.2, 0.25) is 17.8 Å². The lowest BCUT2D eigenvalue weighted by atomic mass is 9.83. The van der Waals surface area contributed by atoms with E-state index in [1.54, 1.807) is 24.3 Å². The smallest absolute Gasteiger partial charge is 0.296 e. The molecule has 1 aliphatic carbocycles. The fourth-order valence-electron chi connectivity index (χ4n) is 6.47. The number of nitrogens with one attached hydrogen (secondary N) is 1. The molecule has 6 rings (SSSR count). The van der Waals surface area contributed by atoms with E-state index in [0.717, 1.165) is 51.6 Å². The number of benzene rings is 1. The number of rotatable bonds is 10. The highest BCUT2D eigenvalue weighted by Gasteiger charge is 2.26. The zero-order chi connectivity index (χ0) is 28.9. The molecule has 10 nitrogen and oxygen atoms in total. The maximum absolute atomic E-state index is 14.1. The first kappa shape index (κ1) is 28.9. The maximum Gasteiger partial charge on any atom is 0.296 e. The predicted molar refractivity (Wildman–Crippen MR) is 155 cm³/mol. The number of hydrogen-bond donors (Lipinski definition) is 1. The van der Waals surface area contributed by atoms with Gasteiger partial charge in [-0.05, 0) is 76.1 Å². The van der Waals surface area contributed by atoms with Crippen molar-refractivity contribution >= 4 is 22.9 Å². The third-order valence-corrected chi connectivity index (χ3v) is 8.72. The van der Waals surface area contributed by atoms with Gasteiger partial charge in [-0.3, -0.25) is 14.3 Å². The number of para-hydroxylation sites is 2. The number of halogens is 2. The number of aromatic nitrogens is 5. The van der Waals surface area contributed by atoms with E-state index in [0.29, 0.717) is 68.0 Å². The molecule has 1 aromatic carbocycles. The molecular weight excluding hydrogens is 542 g/mol. The molecule has 3 aromatic rings. The summed E-state index contributed by atoms with van der Waals surface area (Å²) in [6, 6.07) is 7.33. The molecule has 0 atom stereocenters. The normalized spacial score (nSPS) is 21.8. The highest BCUT2D eigenvalue weighted by atomic mass is 19.3. The van der Waals surface area contributed by atoms with Crippen LogP contribution in [-0.2, 0) is 16.0 Å². The second-order valence-corrected chi connectivity index (χ2v) is 11.7. The van der Waals surface area contributed by atoms with E-state index in [2.05, 4.69) is 20.2 Å². The number of alkyl halides is 2. The number of fused-ring (bicyclic) bond motifs is 1. The summed E-state index contributed by atoms with van der Waals surface area (Å²) in [6.45, 7) is 4.97. The van der Waals surface area contributed by atoms with Gasteiger partial charge in [0.1, 0.15) is 5.82 Å². The van der Waals surface area contributed by atoms with Crippen LogP contribution in [0.4, 0.5) is 14.7 Å². The van der Waals surface area contributed by atoms with Gasteiger partial charge in [-0.25, -0.2) is 13.8 Å². The fourth-order valence-corrected chi connectivity index (χ4v) is 6.47. The Balaban J connectivity index is 1.11. The van der Waals surface area contributed by atoms with Gasteiger partial charge in [0.05, 0.1) is 30.8 Å². The number of likely N-dealkylation sites (tertiary alicyclic amines) is 1. The molecule has 2 aromatic heterocycles. The van der Waals surface area contributed by atoms with Gasteiger partial charge in [-0.15, -0.1) is 0 Å². The number of amides is 1. The zero-order valence-corrected chi connectivity index (χ0v) is 24.1. The van der Waals surface area contributed by atoms with Crippen LogP contribution in [0, 0.1) is 5.92 Å². The minimum atomic E-state index is -2.77. The van der Waals surface area contributed by atoms with E-state index in [9.17, 15) is 13.6 Å². The van der Waals surface area contributed by atoms with Crippen molar-refractivity contribution in [2.24, 2.45) is 5.92 Å². The molecule has 0 spiro atoms. The number of carbonyl (C=O) groups excluding carboxylic acids is 1. The molecule has 12 heteroatoms. The first-order valence-electron chi connectivity index (χ1n) is 15.4. The summed E-state index contributed by atoms with van der Waals surface area (Å²) in [4.78, 5) is 35.0. The fraction of sp³-hybridized carbons (Fsp3) is 0.633. The first-order chi connectivity index (χ1) is 20.5. The van der Waals surface area contributed by atoms with Crippen molar-refractivity contribution in [3.8, 4) is 5.95 Å². The molecule has 1 saturated carbocycles. The Morgan fingerprint density at radius 3 is 2.45 bits per heavy atom. The van der Waals surface area contributed by atoms with Gasteiger partial charge >= 0.3 is 0 Å². The van der Waals surface area contributed by atoms with Gasteiger partial charge in [0.25, 0.3) is 6.43 Å². The quantitative estimate of drug-likeness (QED) is 0.382. The maximum atomic E-state index is 14.1. The molecule has 4 heterocycles. The van der Waals surface area contributed by atoms with Crippen LogP contribution in [0.3, 0.4) is 0 Å². The minimum absolute atomic E-state index is 0.155. The highest BCUT2D eigenvalue weighted by Crippen LogP contribution is 2.30. The van der Waals surface area contributed by atoms with Crippen molar-refractivity contribution in [3.63, 3.8) is 0 Å². The highest BCUT2D eigenvalue weighted by molar-refractivity contribution is 5.78. The molecule has 2 aliphatic heterocycles. The SMILES string of the molecule is O=C(CN1CCCC1)NC1CCC(CCCc2nc(N3CCOCC3)nc(-n3c(C(F)F)nc4ccccc43)n2)CC1. The van der Waals surface area contributed by atoms with Crippen LogP contribution in [-0.4, -0.2) is 87.3 Å². The van der Waals surface area contributed by atoms with Crippen molar-refractivity contribution in [2.75, 3.05) is 50.8 Å². The van der Waals surface area contributed by atoms with Crippen molar-refractivity contribution in [1.29, 1.82) is 0 Å². The molecule has 0 radical (unpaired) electrons. The van der Waals surface area contributed by atoms with Gasteiger partial charge in [0.15, 0.2) is 5.82 Å². The van der Waals surface area contributed by atoms with E-state index in [4.69, 9.17) is 14.7 Å². The van der Waals surface area contributed by atoms with E-state index in [1.165, 1.54) is 17.4 Å². The van der Waals surface area contributed by atoms with Crippen LogP contribution >= 0.6 is 0 Å². The third kappa shape index (κ3) is 6.86. The van der Waals surface area contributed by atoms with Crippen molar-refractivity contribution in [3.05, 3.63) is 35.9 Å². The molecular formula is C30H40F2N8O2. The van der Waals surface area contributed by atoms with Crippen LogP contribution in [0.2, 0.25) is 0 Å². The summed E-state index contributed by atoms with van der Waals surface area (Å²) >= 11 is 0. The molecule has 3 aliphatic rings. The Labute approximate surface area is 244 Å². The number of carbonyl (C=O) groups is 1. The van der Waals surface area contributed by atoms with Crippen LogP contribution in [0.5, 0.6) is 0 Å². The van der Waals surface area contributed by atoms with Crippen molar-refractivity contribution in [2.45, 2.75) is 70.3 Å². The van der Waals surface area contributed by atoms with E-state index in [1.807, 2.05) is 4.90 Å². The second kappa shape index (κ2) is 13.4. The van der Waals surface area contributed by atoms with Gasteiger partial charge < -0.3 is 15.0 Å². The Hall–Kier alpha value is -3.25. The van der Waals surface area contributed by atoms with Crippen LogP contribution < -0.4 is 10.2 Å². The molecule has 226 valence electrons. The molecule has 42 heavy (non-hydrogen) atoms. The number of nitrogens with zero attached hydrogens (tertiary/aromatic N) is 7. The molecule has 2 saturated heterocycles. The molecule has 0 bridgehead atoms. The lowest BCUT2D eigenvalue weighted by Gasteiger charge is -2.29. The summed E-state index contributed by atoms with van der Waals surface area (Å²) in [5.41, 5.74) is 1.02. The Bertz CT molecular complexity index is 1350. The van der Waals surface area contributed by atoms with Gasteiger partial charge in [-0.1, -0.05) is 18.6 Å². The van der Waals surface area contributed by atoms with Crippen molar-refractivity contribution < 1.29 is 18.3 Å². The van der Waals surface area contributed by atoms with E-state index >= 15 is 0 Å². The van der Waals surface area contributed by atoms with Crippen molar-refractivity contribution in [1.82, 2.24) is 34.7 Å². The number of ether oxygens (including phenoxy) is 1. The molecule has 1 amide bonds. The number of aryl methyl sites for hydroxylation is 1. The average molecular weight is 583 g/mol. The van der Waals surface area contributed by atoms with Crippen LogP contribution in [0.15, 0.2) is 24.3 Å². The third-order valence-electron chi connectivity index (χ3n) is 8.72. The average Bonchev–Trinajstić information content (AvgIpc) is 3.66. The monoisotopic (exact) mass is 582 g/mol. The Kier molecular flexibility index (Phi) is 9.18. The topological polar surface area (TPSA) is 101 Å².